The highest BCUT2D eigenvalue weighted by Crippen LogP contribution is 2.18. The van der Waals surface area contributed by atoms with Crippen molar-refractivity contribution in [2.45, 2.75) is 37.8 Å². The number of sulfone groups is 1. The fourth-order valence-electron chi connectivity index (χ4n) is 3.11. The van der Waals surface area contributed by atoms with Gasteiger partial charge in [-0.2, -0.15) is 0 Å². The Balaban J connectivity index is 1.95. The number of aromatic amines is 1. The number of hydrogen-bond donors (Lipinski definition) is 1. The smallest absolute Gasteiger partial charge is 0.339 e. The van der Waals surface area contributed by atoms with Crippen LogP contribution in [-0.2, 0) is 34.8 Å². The topological polar surface area (TPSA) is 133 Å². The maximum Gasteiger partial charge on any atom is 0.339 e. The first-order valence-corrected chi connectivity index (χ1v) is 11.2. The van der Waals surface area contributed by atoms with E-state index in [4.69, 9.17) is 4.74 Å². The number of ether oxygens (including phenoxy) is 1. The molecule has 0 saturated carbocycles. The molecular weight excluding hydrogens is 412 g/mol. The molecule has 3 rings (SSSR count). The number of benzene rings is 1. The summed E-state index contributed by atoms with van der Waals surface area (Å²) >= 11 is 0. The van der Waals surface area contributed by atoms with E-state index < -0.39 is 27.1 Å². The molecule has 0 spiro atoms. The Morgan fingerprint density at radius 3 is 2.60 bits per heavy atom. The summed E-state index contributed by atoms with van der Waals surface area (Å²) in [6.07, 6.45) is 2.58. The van der Waals surface area contributed by atoms with Crippen LogP contribution in [0.25, 0.3) is 11.2 Å². The zero-order valence-electron chi connectivity index (χ0n) is 16.8. The third kappa shape index (κ3) is 4.06. The third-order valence-corrected chi connectivity index (χ3v) is 5.83. The molecule has 0 bridgehead atoms. The van der Waals surface area contributed by atoms with Gasteiger partial charge in [-0.25, -0.2) is 23.0 Å². The van der Waals surface area contributed by atoms with Gasteiger partial charge in [-0.15, -0.1) is 0 Å². The second kappa shape index (κ2) is 8.27. The molecule has 11 heteroatoms. The second-order valence-corrected chi connectivity index (χ2v) is 8.85. The highest BCUT2D eigenvalue weighted by Gasteiger charge is 2.21. The van der Waals surface area contributed by atoms with Gasteiger partial charge in [-0.05, 0) is 18.6 Å². The van der Waals surface area contributed by atoms with Gasteiger partial charge in [0.15, 0.2) is 21.0 Å². The average Bonchev–Trinajstić information content (AvgIpc) is 3.02. The first-order chi connectivity index (χ1) is 14.1. The van der Waals surface area contributed by atoms with E-state index in [1.165, 1.54) is 33.4 Å². The van der Waals surface area contributed by atoms with E-state index in [0.717, 1.165) is 19.1 Å². The largest absolute Gasteiger partial charge is 0.454 e. The van der Waals surface area contributed by atoms with E-state index in [1.54, 1.807) is 7.05 Å². The van der Waals surface area contributed by atoms with Crippen LogP contribution in [0.1, 0.15) is 35.9 Å². The molecule has 3 aromatic rings. The van der Waals surface area contributed by atoms with Crippen LogP contribution in [0.5, 0.6) is 0 Å². The van der Waals surface area contributed by atoms with Crippen LogP contribution >= 0.6 is 0 Å². The van der Waals surface area contributed by atoms with E-state index in [9.17, 15) is 22.8 Å². The monoisotopic (exact) mass is 434 g/mol. The SMILES string of the molecule is CCCCn1c(=O)[nH]c(=O)c2c1nc(COC(=O)c1ccccc1S(C)(=O)=O)n2C. The molecule has 0 aliphatic carbocycles. The minimum Gasteiger partial charge on any atom is -0.454 e. The first kappa shape index (κ1) is 21.5. The molecule has 0 amide bonds. The Labute approximate surface area is 172 Å². The van der Waals surface area contributed by atoms with Crippen LogP contribution in [0.3, 0.4) is 0 Å². The summed E-state index contributed by atoms with van der Waals surface area (Å²) in [5.41, 5.74) is -0.825. The van der Waals surface area contributed by atoms with Crippen molar-refractivity contribution in [1.29, 1.82) is 0 Å². The first-order valence-electron chi connectivity index (χ1n) is 9.29. The number of aromatic nitrogens is 4. The number of hydrogen-bond acceptors (Lipinski definition) is 7. The van der Waals surface area contributed by atoms with E-state index in [2.05, 4.69) is 9.97 Å². The Kier molecular flexibility index (Phi) is 5.92. The van der Waals surface area contributed by atoms with Gasteiger partial charge in [-0.3, -0.25) is 14.3 Å². The summed E-state index contributed by atoms with van der Waals surface area (Å²) in [7, 11) is -2.04. The minimum absolute atomic E-state index is 0.0866. The molecule has 30 heavy (non-hydrogen) atoms. The number of carbonyl (C=O) groups is 1. The number of nitrogens with zero attached hydrogens (tertiary/aromatic N) is 3. The van der Waals surface area contributed by atoms with Gasteiger partial charge in [0.05, 0.1) is 10.5 Å². The van der Waals surface area contributed by atoms with Crippen LogP contribution in [0.2, 0.25) is 0 Å². The molecule has 2 heterocycles. The van der Waals surface area contributed by atoms with Crippen LogP contribution in [-0.4, -0.2) is 39.7 Å². The van der Waals surface area contributed by atoms with Crippen molar-refractivity contribution in [2.75, 3.05) is 6.26 Å². The zero-order valence-corrected chi connectivity index (χ0v) is 17.7. The molecule has 0 radical (unpaired) electrons. The van der Waals surface area contributed by atoms with Crippen LogP contribution in [0.15, 0.2) is 38.8 Å². The number of nitrogens with one attached hydrogen (secondary N) is 1. The van der Waals surface area contributed by atoms with E-state index in [1.807, 2.05) is 6.92 Å². The van der Waals surface area contributed by atoms with Gasteiger partial charge in [0, 0.05) is 19.8 Å². The van der Waals surface area contributed by atoms with Gasteiger partial charge in [0.25, 0.3) is 5.56 Å². The minimum atomic E-state index is -3.62. The third-order valence-electron chi connectivity index (χ3n) is 4.68. The summed E-state index contributed by atoms with van der Waals surface area (Å²) < 4.78 is 31.9. The number of aryl methyl sites for hydroxylation is 2. The Hall–Kier alpha value is -3.21. The Bertz CT molecular complexity index is 1330. The highest BCUT2D eigenvalue weighted by atomic mass is 32.2. The van der Waals surface area contributed by atoms with Crippen molar-refractivity contribution in [3.8, 4) is 0 Å². The van der Waals surface area contributed by atoms with Gasteiger partial charge >= 0.3 is 11.7 Å². The summed E-state index contributed by atoms with van der Waals surface area (Å²) in [4.78, 5) is 43.4. The number of rotatable bonds is 7. The molecule has 160 valence electrons. The van der Waals surface area contributed by atoms with Crippen molar-refractivity contribution < 1.29 is 17.9 Å². The maximum absolute atomic E-state index is 12.5. The molecule has 0 saturated heterocycles. The molecule has 1 aromatic carbocycles. The molecule has 1 N–H and O–H groups in total. The number of unbranched alkanes of at least 4 members (excludes halogenated alkanes) is 1. The number of imidazole rings is 1. The summed E-state index contributed by atoms with van der Waals surface area (Å²) in [6.45, 7) is 2.07. The van der Waals surface area contributed by atoms with Crippen LogP contribution < -0.4 is 11.2 Å². The van der Waals surface area contributed by atoms with E-state index >= 15 is 0 Å². The van der Waals surface area contributed by atoms with Crippen LogP contribution in [0.4, 0.5) is 0 Å². The fraction of sp³-hybridized carbons (Fsp3) is 0.368. The average molecular weight is 434 g/mol. The predicted molar refractivity (Wildman–Crippen MR) is 109 cm³/mol. The lowest BCUT2D eigenvalue weighted by molar-refractivity contribution is 0.0455. The van der Waals surface area contributed by atoms with Crippen molar-refractivity contribution in [1.82, 2.24) is 19.1 Å². The van der Waals surface area contributed by atoms with Crippen molar-refractivity contribution in [3.63, 3.8) is 0 Å². The lowest BCUT2D eigenvalue weighted by Crippen LogP contribution is -2.31. The number of carbonyl (C=O) groups excluding carboxylic acids is 1. The van der Waals surface area contributed by atoms with E-state index in [-0.39, 0.29) is 34.1 Å². The van der Waals surface area contributed by atoms with Gasteiger partial charge in [0.1, 0.15) is 12.4 Å². The molecule has 10 nitrogen and oxygen atoms in total. The molecular formula is C19H22N4O6S. The zero-order chi connectivity index (χ0) is 22.1. The van der Waals surface area contributed by atoms with Crippen molar-refractivity contribution in [3.05, 3.63) is 56.5 Å². The summed E-state index contributed by atoms with van der Waals surface area (Å²) in [5.74, 6) is -0.586. The molecule has 2 aromatic heterocycles. The second-order valence-electron chi connectivity index (χ2n) is 6.87. The van der Waals surface area contributed by atoms with Crippen LogP contribution in [0, 0.1) is 0 Å². The molecule has 0 unspecified atom stereocenters. The number of H-pyrrole nitrogens is 1. The fourth-order valence-corrected chi connectivity index (χ4v) is 3.99. The van der Waals surface area contributed by atoms with Crippen molar-refractivity contribution >= 4 is 27.0 Å². The normalized spacial score (nSPS) is 11.7. The predicted octanol–water partition coefficient (Wildman–Crippen LogP) is 0.984. The Morgan fingerprint density at radius 2 is 1.93 bits per heavy atom. The van der Waals surface area contributed by atoms with Crippen molar-refractivity contribution in [2.24, 2.45) is 7.05 Å². The highest BCUT2D eigenvalue weighted by molar-refractivity contribution is 7.90. The Morgan fingerprint density at radius 1 is 1.23 bits per heavy atom. The molecule has 0 atom stereocenters. The summed E-state index contributed by atoms with van der Waals surface area (Å²) in [5, 5.41) is 0. The number of esters is 1. The molecule has 0 aliphatic heterocycles. The quantitative estimate of drug-likeness (QED) is 0.548. The molecule has 0 aliphatic rings. The lowest BCUT2D eigenvalue weighted by Gasteiger charge is -2.08. The van der Waals surface area contributed by atoms with Gasteiger partial charge < -0.3 is 9.30 Å². The van der Waals surface area contributed by atoms with E-state index in [0.29, 0.717) is 6.54 Å². The lowest BCUT2D eigenvalue weighted by atomic mass is 10.2. The standard InChI is InChI=1S/C19H22N4O6S/c1-4-5-10-23-16-15(17(24)21-19(23)26)22(2)14(20-16)11-29-18(25)12-8-6-7-9-13(12)30(3,27)28/h6-9H,4-5,10-11H2,1-3H3,(H,21,24,26). The molecule has 0 fully saturated rings. The maximum atomic E-state index is 12.5. The van der Waals surface area contributed by atoms with Gasteiger partial charge in [-0.1, -0.05) is 25.5 Å². The van der Waals surface area contributed by atoms with Gasteiger partial charge in [0.2, 0.25) is 0 Å². The number of fused-ring (bicyclic) bond motifs is 1. The summed E-state index contributed by atoms with van der Waals surface area (Å²) in [6, 6.07) is 5.74.